The van der Waals surface area contributed by atoms with Crippen molar-refractivity contribution in [2.24, 2.45) is 17.1 Å². The second-order valence-corrected chi connectivity index (χ2v) is 5.14. The molecule has 104 valence electrons. The van der Waals surface area contributed by atoms with Gasteiger partial charge in [0.15, 0.2) is 0 Å². The Morgan fingerprint density at radius 2 is 1.78 bits per heavy atom. The quantitative estimate of drug-likeness (QED) is 0.532. The summed E-state index contributed by atoms with van der Waals surface area (Å²) < 4.78 is 0. The first-order valence-electron chi connectivity index (χ1n) is 5.65. The number of carbonyl (C=O) groups excluding carboxylic acids is 2. The molecule has 0 aliphatic heterocycles. The number of carbonyl (C=O) groups is 3. The van der Waals surface area contributed by atoms with E-state index in [0.29, 0.717) is 0 Å². The Hall–Kier alpha value is -1.79. The average molecular weight is 259 g/mol. The van der Waals surface area contributed by atoms with Gasteiger partial charge in [0.2, 0.25) is 5.91 Å². The first-order chi connectivity index (χ1) is 8.08. The predicted octanol–water partition coefficient (Wildman–Crippen LogP) is -0.0937. The van der Waals surface area contributed by atoms with E-state index >= 15 is 0 Å². The zero-order chi connectivity index (χ0) is 14.5. The standard InChI is InChI=1S/C11H21N3O4/c1-6(2)7(8(15)16)14-10(18)13-5-11(3,4)9(12)17/h6-7H,5H2,1-4H3,(H2,12,17)(H,15,16)(H2,13,14,18)/t7-/m0/s1. The summed E-state index contributed by atoms with van der Waals surface area (Å²) in [6.07, 6.45) is 0. The van der Waals surface area contributed by atoms with Gasteiger partial charge in [-0.25, -0.2) is 9.59 Å². The number of rotatable bonds is 6. The highest BCUT2D eigenvalue weighted by Crippen LogP contribution is 2.11. The normalized spacial score (nSPS) is 12.9. The van der Waals surface area contributed by atoms with Gasteiger partial charge in [0.25, 0.3) is 0 Å². The Balaban J connectivity index is 4.35. The van der Waals surface area contributed by atoms with Crippen LogP contribution in [0.15, 0.2) is 0 Å². The zero-order valence-corrected chi connectivity index (χ0v) is 11.1. The van der Waals surface area contributed by atoms with Crippen LogP contribution in [0.3, 0.4) is 0 Å². The molecule has 0 rings (SSSR count). The number of nitrogens with two attached hydrogens (primary N) is 1. The lowest BCUT2D eigenvalue weighted by Gasteiger charge is -2.23. The van der Waals surface area contributed by atoms with Crippen LogP contribution in [0.4, 0.5) is 4.79 Å². The molecule has 0 fully saturated rings. The average Bonchev–Trinajstić information content (AvgIpc) is 2.22. The Labute approximate surface area is 106 Å². The highest BCUT2D eigenvalue weighted by atomic mass is 16.4. The van der Waals surface area contributed by atoms with Gasteiger partial charge in [-0.3, -0.25) is 4.79 Å². The Morgan fingerprint density at radius 3 is 2.11 bits per heavy atom. The van der Waals surface area contributed by atoms with E-state index in [-0.39, 0.29) is 12.5 Å². The fourth-order valence-electron chi connectivity index (χ4n) is 1.09. The maximum Gasteiger partial charge on any atom is 0.326 e. The minimum Gasteiger partial charge on any atom is -0.480 e. The number of nitrogens with one attached hydrogen (secondary N) is 2. The lowest BCUT2D eigenvalue weighted by Crippen LogP contribution is -2.51. The Bertz CT molecular complexity index is 339. The SMILES string of the molecule is CC(C)[C@H](NC(=O)NCC(C)(C)C(N)=O)C(=O)O. The molecular formula is C11H21N3O4. The second kappa shape index (κ2) is 6.23. The lowest BCUT2D eigenvalue weighted by molar-refractivity contribution is -0.140. The monoisotopic (exact) mass is 259 g/mol. The number of carboxylic acid groups (broad SMARTS) is 1. The molecule has 0 radical (unpaired) electrons. The third-order valence-corrected chi connectivity index (χ3v) is 2.58. The lowest BCUT2D eigenvalue weighted by atomic mass is 9.93. The van der Waals surface area contributed by atoms with Crippen molar-refractivity contribution >= 4 is 17.9 Å². The molecule has 0 saturated heterocycles. The predicted molar refractivity (Wildman–Crippen MR) is 65.8 cm³/mol. The summed E-state index contributed by atoms with van der Waals surface area (Å²) in [5, 5.41) is 13.6. The molecule has 0 unspecified atom stereocenters. The second-order valence-electron chi connectivity index (χ2n) is 5.14. The smallest absolute Gasteiger partial charge is 0.326 e. The van der Waals surface area contributed by atoms with Gasteiger partial charge >= 0.3 is 12.0 Å². The molecule has 7 nitrogen and oxygen atoms in total. The molecule has 18 heavy (non-hydrogen) atoms. The highest BCUT2D eigenvalue weighted by Gasteiger charge is 2.27. The van der Waals surface area contributed by atoms with Gasteiger partial charge in [0.05, 0.1) is 5.41 Å². The highest BCUT2D eigenvalue weighted by molar-refractivity contribution is 5.84. The van der Waals surface area contributed by atoms with Crippen LogP contribution in [0, 0.1) is 11.3 Å². The van der Waals surface area contributed by atoms with E-state index in [2.05, 4.69) is 10.6 Å². The molecule has 3 amide bonds. The molecule has 0 heterocycles. The third kappa shape index (κ3) is 5.03. The van der Waals surface area contributed by atoms with Gasteiger partial charge in [-0.2, -0.15) is 0 Å². The zero-order valence-electron chi connectivity index (χ0n) is 11.1. The van der Waals surface area contributed by atoms with Gasteiger partial charge in [-0.05, 0) is 19.8 Å². The van der Waals surface area contributed by atoms with Crippen molar-refractivity contribution < 1.29 is 19.5 Å². The topological polar surface area (TPSA) is 122 Å². The van der Waals surface area contributed by atoms with E-state index < -0.39 is 29.4 Å². The summed E-state index contributed by atoms with van der Waals surface area (Å²) >= 11 is 0. The minimum absolute atomic E-state index is 0.0403. The first kappa shape index (κ1) is 16.2. The fourth-order valence-corrected chi connectivity index (χ4v) is 1.09. The van der Waals surface area contributed by atoms with Crippen LogP contribution in [0.2, 0.25) is 0 Å². The van der Waals surface area contributed by atoms with Gasteiger partial charge in [0, 0.05) is 6.54 Å². The molecule has 0 aromatic heterocycles. The van der Waals surface area contributed by atoms with Crippen LogP contribution in [0.1, 0.15) is 27.7 Å². The summed E-state index contributed by atoms with van der Waals surface area (Å²) in [4.78, 5) is 33.4. The largest absolute Gasteiger partial charge is 0.480 e. The molecule has 0 aromatic carbocycles. The summed E-state index contributed by atoms with van der Waals surface area (Å²) in [5.74, 6) is -1.88. The molecular weight excluding hydrogens is 238 g/mol. The van der Waals surface area contributed by atoms with Crippen molar-refractivity contribution in [2.75, 3.05) is 6.54 Å². The van der Waals surface area contributed by atoms with Crippen LogP contribution in [0.5, 0.6) is 0 Å². The Morgan fingerprint density at radius 1 is 1.28 bits per heavy atom. The molecule has 0 bridgehead atoms. The van der Waals surface area contributed by atoms with E-state index in [1.165, 1.54) is 0 Å². The van der Waals surface area contributed by atoms with Gasteiger partial charge in [0.1, 0.15) is 6.04 Å². The molecule has 0 aliphatic rings. The number of carboxylic acids is 1. The van der Waals surface area contributed by atoms with Gasteiger partial charge in [-0.15, -0.1) is 0 Å². The number of aliphatic carboxylic acids is 1. The number of hydrogen-bond donors (Lipinski definition) is 4. The molecule has 1 atom stereocenters. The summed E-state index contributed by atoms with van der Waals surface area (Å²) in [5.41, 5.74) is 4.27. The molecule has 7 heteroatoms. The van der Waals surface area contributed by atoms with Crippen LogP contribution < -0.4 is 16.4 Å². The molecule has 0 spiro atoms. The van der Waals surface area contributed by atoms with Crippen LogP contribution >= 0.6 is 0 Å². The molecule has 5 N–H and O–H groups in total. The minimum atomic E-state index is -1.10. The van der Waals surface area contributed by atoms with Gasteiger partial charge < -0.3 is 21.5 Å². The summed E-state index contributed by atoms with van der Waals surface area (Å²) in [7, 11) is 0. The van der Waals surface area contributed by atoms with Crippen molar-refractivity contribution in [3.05, 3.63) is 0 Å². The fraction of sp³-hybridized carbons (Fsp3) is 0.727. The van der Waals surface area contributed by atoms with E-state index in [1.807, 2.05) is 0 Å². The molecule has 0 saturated carbocycles. The number of primary amides is 1. The maximum absolute atomic E-state index is 11.5. The van der Waals surface area contributed by atoms with E-state index in [0.717, 1.165) is 0 Å². The number of amides is 3. The van der Waals surface area contributed by atoms with Gasteiger partial charge in [-0.1, -0.05) is 13.8 Å². The summed E-state index contributed by atoms with van der Waals surface area (Å²) in [6.45, 7) is 6.59. The summed E-state index contributed by atoms with van der Waals surface area (Å²) in [6, 6.07) is -1.60. The van der Waals surface area contributed by atoms with Crippen molar-refractivity contribution in [1.82, 2.24) is 10.6 Å². The van der Waals surface area contributed by atoms with Crippen molar-refractivity contribution in [3.8, 4) is 0 Å². The third-order valence-electron chi connectivity index (χ3n) is 2.58. The number of hydrogen-bond acceptors (Lipinski definition) is 3. The van der Waals surface area contributed by atoms with Crippen LogP contribution in [0.25, 0.3) is 0 Å². The van der Waals surface area contributed by atoms with E-state index in [9.17, 15) is 14.4 Å². The molecule has 0 aromatic rings. The van der Waals surface area contributed by atoms with Crippen LogP contribution in [-0.2, 0) is 9.59 Å². The van der Waals surface area contributed by atoms with Crippen molar-refractivity contribution in [2.45, 2.75) is 33.7 Å². The molecule has 0 aliphatic carbocycles. The first-order valence-corrected chi connectivity index (χ1v) is 5.65. The van der Waals surface area contributed by atoms with Crippen molar-refractivity contribution in [3.63, 3.8) is 0 Å². The number of urea groups is 1. The Kier molecular flexibility index (Phi) is 5.61. The van der Waals surface area contributed by atoms with Crippen LogP contribution in [-0.4, -0.2) is 35.6 Å². The van der Waals surface area contributed by atoms with E-state index in [1.54, 1.807) is 27.7 Å². The van der Waals surface area contributed by atoms with E-state index in [4.69, 9.17) is 10.8 Å². The maximum atomic E-state index is 11.5. The van der Waals surface area contributed by atoms with Crippen molar-refractivity contribution in [1.29, 1.82) is 0 Å².